The van der Waals surface area contributed by atoms with Crippen molar-refractivity contribution >= 4 is 17.3 Å². The van der Waals surface area contributed by atoms with Crippen molar-refractivity contribution in [2.75, 3.05) is 7.05 Å². The number of ketones is 1. The number of hydrogen-bond acceptors (Lipinski definition) is 2. The standard InChI is InChI=1S/C19H14F3NO2/c1-23-11-15(13-8-5-9-14(10-13)19(20,21)22)17(24)16(18(23)25)12-6-3-2-4-7-12/h2-11,16H,1H3. The lowest BCUT2D eigenvalue weighted by Crippen LogP contribution is -2.37. The maximum atomic E-state index is 12.9. The van der Waals surface area contributed by atoms with Crippen LogP contribution in [-0.2, 0) is 15.8 Å². The minimum absolute atomic E-state index is 0.0852. The molecule has 1 atom stereocenters. The Morgan fingerprint density at radius 3 is 2.28 bits per heavy atom. The quantitative estimate of drug-likeness (QED) is 0.775. The monoisotopic (exact) mass is 345 g/mol. The van der Waals surface area contributed by atoms with Crippen LogP contribution in [0.2, 0.25) is 0 Å². The van der Waals surface area contributed by atoms with E-state index >= 15 is 0 Å². The van der Waals surface area contributed by atoms with Crippen molar-refractivity contribution in [3.05, 3.63) is 77.5 Å². The third-order valence-corrected chi connectivity index (χ3v) is 4.08. The minimum atomic E-state index is -4.51. The molecule has 0 fully saturated rings. The van der Waals surface area contributed by atoms with Gasteiger partial charge in [-0.05, 0) is 23.3 Å². The highest BCUT2D eigenvalue weighted by Crippen LogP contribution is 2.35. The zero-order valence-electron chi connectivity index (χ0n) is 13.2. The van der Waals surface area contributed by atoms with Crippen molar-refractivity contribution in [3.63, 3.8) is 0 Å². The summed E-state index contributed by atoms with van der Waals surface area (Å²) in [5.41, 5.74) is -0.0985. The van der Waals surface area contributed by atoms with E-state index in [1.54, 1.807) is 30.3 Å². The van der Waals surface area contributed by atoms with Gasteiger partial charge in [0.25, 0.3) is 0 Å². The van der Waals surface area contributed by atoms with Crippen molar-refractivity contribution in [1.29, 1.82) is 0 Å². The summed E-state index contributed by atoms with van der Waals surface area (Å²) in [5.74, 6) is -1.97. The molecule has 3 rings (SSSR count). The number of nitrogens with zero attached hydrogens (tertiary/aromatic N) is 1. The van der Waals surface area contributed by atoms with Crippen molar-refractivity contribution in [1.82, 2.24) is 4.90 Å². The van der Waals surface area contributed by atoms with Crippen LogP contribution in [0.25, 0.3) is 5.57 Å². The van der Waals surface area contributed by atoms with Gasteiger partial charge in [0.15, 0.2) is 5.78 Å². The van der Waals surface area contributed by atoms with Gasteiger partial charge in [-0.1, -0.05) is 42.5 Å². The Morgan fingerprint density at radius 1 is 0.960 bits per heavy atom. The molecule has 1 aliphatic rings. The molecule has 0 saturated carbocycles. The summed E-state index contributed by atoms with van der Waals surface area (Å²) < 4.78 is 38.8. The number of likely N-dealkylation sites (N-methyl/N-ethyl adjacent to an activating group) is 1. The molecule has 1 amide bonds. The number of rotatable bonds is 2. The molecule has 25 heavy (non-hydrogen) atoms. The average Bonchev–Trinajstić information content (AvgIpc) is 2.59. The number of allylic oxidation sites excluding steroid dienone is 1. The van der Waals surface area contributed by atoms with Gasteiger partial charge >= 0.3 is 6.18 Å². The number of Topliss-reactive ketones (excluding diaryl/α,β-unsaturated/α-hetero) is 1. The maximum absolute atomic E-state index is 12.9. The smallest absolute Gasteiger partial charge is 0.320 e. The van der Waals surface area contributed by atoms with Gasteiger partial charge in [0, 0.05) is 18.8 Å². The number of carbonyl (C=O) groups excluding carboxylic acids is 2. The summed E-state index contributed by atoms with van der Waals surface area (Å²) in [5, 5.41) is 0. The number of halogens is 3. The van der Waals surface area contributed by atoms with E-state index in [9.17, 15) is 22.8 Å². The number of alkyl halides is 3. The fraction of sp³-hybridized carbons (Fsp3) is 0.158. The number of carbonyl (C=O) groups is 2. The van der Waals surface area contributed by atoms with E-state index in [2.05, 4.69) is 0 Å². The predicted molar refractivity (Wildman–Crippen MR) is 86.4 cm³/mol. The molecule has 2 aromatic rings. The van der Waals surface area contributed by atoms with E-state index in [1.807, 2.05) is 0 Å². The molecule has 0 bridgehead atoms. The topological polar surface area (TPSA) is 37.4 Å². The highest BCUT2D eigenvalue weighted by Gasteiger charge is 2.38. The summed E-state index contributed by atoms with van der Waals surface area (Å²) in [7, 11) is 1.48. The van der Waals surface area contributed by atoms with E-state index in [0.717, 1.165) is 12.1 Å². The lowest BCUT2D eigenvalue weighted by molar-refractivity contribution is -0.138. The molecule has 1 aliphatic heterocycles. The van der Waals surface area contributed by atoms with Crippen LogP contribution >= 0.6 is 0 Å². The van der Waals surface area contributed by atoms with E-state index in [1.165, 1.54) is 30.3 Å². The molecule has 1 heterocycles. The SMILES string of the molecule is CN1C=C(c2cccc(C(F)(F)F)c2)C(=O)C(c2ccccc2)C1=O. The van der Waals surface area contributed by atoms with Crippen LogP contribution in [0.3, 0.4) is 0 Å². The molecule has 0 N–H and O–H groups in total. The normalized spacial score (nSPS) is 18.3. The van der Waals surface area contributed by atoms with Gasteiger partial charge in [0.1, 0.15) is 5.92 Å². The molecular formula is C19H14F3NO2. The first-order valence-electron chi connectivity index (χ1n) is 7.54. The lowest BCUT2D eigenvalue weighted by atomic mass is 9.84. The van der Waals surface area contributed by atoms with Crippen molar-refractivity contribution in [2.45, 2.75) is 12.1 Å². The Bertz CT molecular complexity index is 856. The van der Waals surface area contributed by atoms with E-state index in [0.29, 0.717) is 5.56 Å². The third kappa shape index (κ3) is 3.20. The summed E-state index contributed by atoms with van der Waals surface area (Å²) in [4.78, 5) is 26.5. The van der Waals surface area contributed by atoms with Crippen molar-refractivity contribution < 1.29 is 22.8 Å². The van der Waals surface area contributed by atoms with Crippen LogP contribution < -0.4 is 0 Å². The Labute approximate surface area is 142 Å². The third-order valence-electron chi connectivity index (χ3n) is 4.08. The highest BCUT2D eigenvalue weighted by molar-refractivity contribution is 6.31. The molecular weight excluding hydrogens is 331 g/mol. The lowest BCUT2D eigenvalue weighted by Gasteiger charge is -2.27. The molecule has 0 radical (unpaired) electrons. The first kappa shape index (κ1) is 17.0. The van der Waals surface area contributed by atoms with Gasteiger partial charge in [-0.3, -0.25) is 9.59 Å². The van der Waals surface area contributed by atoms with Crippen LogP contribution in [0.15, 0.2) is 60.8 Å². The van der Waals surface area contributed by atoms with Crippen LogP contribution in [-0.4, -0.2) is 23.6 Å². The van der Waals surface area contributed by atoms with Gasteiger partial charge in [0.05, 0.1) is 5.56 Å². The summed E-state index contributed by atoms with van der Waals surface area (Å²) in [6.07, 6.45) is -3.21. The average molecular weight is 345 g/mol. The Kier molecular flexibility index (Phi) is 4.20. The molecule has 1 unspecified atom stereocenters. The molecule has 2 aromatic carbocycles. The molecule has 6 heteroatoms. The predicted octanol–water partition coefficient (Wildman–Crippen LogP) is 3.87. The van der Waals surface area contributed by atoms with Gasteiger partial charge < -0.3 is 4.90 Å². The van der Waals surface area contributed by atoms with Crippen molar-refractivity contribution in [2.24, 2.45) is 0 Å². The first-order valence-corrected chi connectivity index (χ1v) is 7.54. The Morgan fingerprint density at radius 2 is 1.64 bits per heavy atom. The highest BCUT2D eigenvalue weighted by atomic mass is 19.4. The zero-order valence-corrected chi connectivity index (χ0v) is 13.2. The van der Waals surface area contributed by atoms with Gasteiger partial charge in [-0.2, -0.15) is 13.2 Å². The van der Waals surface area contributed by atoms with Crippen LogP contribution in [0.1, 0.15) is 22.6 Å². The van der Waals surface area contributed by atoms with E-state index < -0.39 is 29.3 Å². The van der Waals surface area contributed by atoms with Gasteiger partial charge in [-0.25, -0.2) is 0 Å². The van der Waals surface area contributed by atoms with E-state index in [4.69, 9.17) is 0 Å². The van der Waals surface area contributed by atoms with E-state index in [-0.39, 0.29) is 11.1 Å². The molecule has 3 nitrogen and oxygen atoms in total. The largest absolute Gasteiger partial charge is 0.416 e. The zero-order chi connectivity index (χ0) is 18.2. The van der Waals surface area contributed by atoms with Gasteiger partial charge in [-0.15, -0.1) is 0 Å². The molecule has 0 spiro atoms. The molecule has 0 saturated heterocycles. The fourth-order valence-corrected chi connectivity index (χ4v) is 2.81. The number of amides is 1. The fourth-order valence-electron chi connectivity index (χ4n) is 2.81. The summed E-state index contributed by atoms with van der Waals surface area (Å²) in [6.45, 7) is 0. The number of benzene rings is 2. The van der Waals surface area contributed by atoms with Crippen LogP contribution in [0, 0.1) is 0 Å². The Hall–Kier alpha value is -2.89. The van der Waals surface area contributed by atoms with Crippen molar-refractivity contribution in [3.8, 4) is 0 Å². The second-order valence-corrected chi connectivity index (χ2v) is 5.78. The second kappa shape index (κ2) is 6.20. The maximum Gasteiger partial charge on any atom is 0.416 e. The first-order chi connectivity index (χ1) is 11.8. The second-order valence-electron chi connectivity index (χ2n) is 5.78. The van der Waals surface area contributed by atoms with Crippen LogP contribution in [0.4, 0.5) is 13.2 Å². The Balaban J connectivity index is 2.07. The summed E-state index contributed by atoms with van der Waals surface area (Å²) in [6, 6.07) is 13.0. The molecule has 0 aromatic heterocycles. The minimum Gasteiger partial charge on any atom is -0.320 e. The van der Waals surface area contributed by atoms with Gasteiger partial charge in [0.2, 0.25) is 5.91 Å². The van der Waals surface area contributed by atoms with Crippen LogP contribution in [0.5, 0.6) is 0 Å². The summed E-state index contributed by atoms with van der Waals surface area (Å²) >= 11 is 0. The molecule has 128 valence electrons. The number of hydrogen-bond donors (Lipinski definition) is 0. The molecule has 0 aliphatic carbocycles.